The molecule has 1 heterocycles. The zero-order valence-corrected chi connectivity index (χ0v) is 20.1. The number of hydrogen-bond donors (Lipinski definition) is 0. The van der Waals surface area contributed by atoms with Crippen LogP contribution >= 0.6 is 0 Å². The second-order valence-electron chi connectivity index (χ2n) is 8.20. The zero-order valence-electron chi connectivity index (χ0n) is 20.1. The molecule has 8 heteroatoms. The molecule has 2 aromatic carbocycles. The normalized spacial score (nSPS) is 12.2. The van der Waals surface area contributed by atoms with Gasteiger partial charge in [-0.1, -0.05) is 31.2 Å². The highest BCUT2D eigenvalue weighted by atomic mass is 19.4. The Bertz CT molecular complexity index is 1160. The van der Waals surface area contributed by atoms with Crippen molar-refractivity contribution in [1.29, 1.82) is 0 Å². The van der Waals surface area contributed by atoms with Gasteiger partial charge in [-0.3, -0.25) is 9.78 Å². The topological polar surface area (TPSA) is 57.7 Å². The lowest BCUT2D eigenvalue weighted by Crippen LogP contribution is -2.21. The van der Waals surface area contributed by atoms with E-state index in [2.05, 4.69) is 4.98 Å². The van der Waals surface area contributed by atoms with E-state index < -0.39 is 11.7 Å². The summed E-state index contributed by atoms with van der Waals surface area (Å²) in [6.07, 6.45) is -4.37. The van der Waals surface area contributed by atoms with Gasteiger partial charge in [-0.25, -0.2) is 0 Å². The predicted octanol–water partition coefficient (Wildman–Crippen LogP) is 6.68. The van der Waals surface area contributed by atoms with Crippen LogP contribution in [0.3, 0.4) is 0 Å². The van der Waals surface area contributed by atoms with Gasteiger partial charge in [0.25, 0.3) is 0 Å². The third kappa shape index (κ3) is 7.21. The van der Waals surface area contributed by atoms with E-state index in [0.29, 0.717) is 29.2 Å². The number of esters is 1. The van der Waals surface area contributed by atoms with Crippen LogP contribution in [-0.4, -0.2) is 23.7 Å². The minimum Gasteiger partial charge on any atom is -0.489 e. The van der Waals surface area contributed by atoms with E-state index in [-0.39, 0.29) is 25.3 Å². The van der Waals surface area contributed by atoms with Gasteiger partial charge >= 0.3 is 12.1 Å². The summed E-state index contributed by atoms with van der Waals surface area (Å²) in [7, 11) is 0. The molecule has 0 N–H and O–H groups in total. The molecule has 3 rings (SSSR count). The molecule has 0 radical (unpaired) electrons. The fraction of sp³-hybridized carbons (Fsp3) is 0.333. The van der Waals surface area contributed by atoms with Crippen molar-refractivity contribution in [2.24, 2.45) is 0 Å². The maximum absolute atomic E-state index is 12.8. The number of aryl methyl sites for hydroxylation is 2. The molecule has 0 fully saturated rings. The van der Waals surface area contributed by atoms with E-state index in [1.165, 1.54) is 12.1 Å². The molecular formula is C27H28F3NO4. The van der Waals surface area contributed by atoms with Crippen LogP contribution in [0.4, 0.5) is 13.2 Å². The maximum atomic E-state index is 12.8. The van der Waals surface area contributed by atoms with E-state index >= 15 is 0 Å². The lowest BCUT2D eigenvalue weighted by molar-refractivity contribution is -0.145. The van der Waals surface area contributed by atoms with Crippen molar-refractivity contribution in [3.05, 3.63) is 77.0 Å². The first kappa shape index (κ1) is 26.1. The van der Waals surface area contributed by atoms with Gasteiger partial charge in [0.15, 0.2) is 0 Å². The first-order valence-corrected chi connectivity index (χ1v) is 11.3. The molecule has 0 aliphatic heterocycles. The van der Waals surface area contributed by atoms with Gasteiger partial charge < -0.3 is 14.2 Å². The number of rotatable bonds is 9. The number of benzene rings is 2. The number of ether oxygens (including phenoxy) is 3. The van der Waals surface area contributed by atoms with Crippen LogP contribution in [-0.2, 0) is 22.3 Å². The summed E-state index contributed by atoms with van der Waals surface area (Å²) in [6.45, 7) is 7.72. The van der Waals surface area contributed by atoms with Crippen LogP contribution in [0, 0.1) is 13.8 Å². The Morgan fingerprint density at radius 3 is 2.37 bits per heavy atom. The van der Waals surface area contributed by atoms with Crippen molar-refractivity contribution in [1.82, 2.24) is 4.98 Å². The molecule has 35 heavy (non-hydrogen) atoms. The fourth-order valence-corrected chi connectivity index (χ4v) is 3.25. The molecule has 0 aliphatic carbocycles. The summed E-state index contributed by atoms with van der Waals surface area (Å²) in [6, 6.07) is 14.1. The maximum Gasteiger partial charge on any atom is 0.416 e. The molecule has 5 nitrogen and oxygen atoms in total. The number of nitrogens with zero attached hydrogens (tertiary/aromatic N) is 1. The largest absolute Gasteiger partial charge is 0.489 e. The molecule has 1 aromatic heterocycles. The third-order valence-corrected chi connectivity index (χ3v) is 5.35. The number of alkyl halides is 3. The summed E-state index contributed by atoms with van der Waals surface area (Å²) in [5.41, 5.74) is 2.99. The smallest absolute Gasteiger partial charge is 0.416 e. The van der Waals surface area contributed by atoms with Crippen molar-refractivity contribution in [2.75, 3.05) is 6.61 Å². The Kier molecular flexibility index (Phi) is 8.38. The van der Waals surface area contributed by atoms with Crippen LogP contribution in [0.5, 0.6) is 11.5 Å². The first-order chi connectivity index (χ1) is 16.6. The lowest BCUT2D eigenvalue weighted by atomic mass is 10.1. The van der Waals surface area contributed by atoms with Gasteiger partial charge in [0, 0.05) is 29.3 Å². The average molecular weight is 488 g/mol. The number of halogens is 3. The molecule has 0 aliphatic rings. The van der Waals surface area contributed by atoms with Crippen molar-refractivity contribution >= 4 is 5.97 Å². The van der Waals surface area contributed by atoms with Gasteiger partial charge in [-0.2, -0.15) is 13.2 Å². The SMILES string of the molecule is CCC(=O)OCC(C)Oc1cc(OCc2ccc(-c3ccc(C(F)(F)F)cc3)nc2C)ccc1C. The van der Waals surface area contributed by atoms with Crippen LogP contribution < -0.4 is 9.47 Å². The minimum absolute atomic E-state index is 0.160. The molecule has 1 atom stereocenters. The highest BCUT2D eigenvalue weighted by molar-refractivity contribution is 5.68. The summed E-state index contributed by atoms with van der Waals surface area (Å²) in [5.74, 6) is 0.965. The standard InChI is InChI=1S/C27H28F3NO4/c1-5-26(32)34-15-18(3)35-25-14-23(12-6-17(25)2)33-16-21-9-13-24(31-19(21)4)20-7-10-22(11-8-20)27(28,29)30/h6-14,18H,5,15-16H2,1-4H3. The molecule has 0 saturated carbocycles. The van der Waals surface area contributed by atoms with E-state index in [0.717, 1.165) is 29.0 Å². The quantitative estimate of drug-likeness (QED) is 0.315. The number of carbonyl (C=O) groups is 1. The van der Waals surface area contributed by atoms with E-state index in [1.807, 2.05) is 39.0 Å². The Balaban J connectivity index is 1.64. The highest BCUT2D eigenvalue weighted by Crippen LogP contribution is 2.31. The Hall–Kier alpha value is -3.55. The third-order valence-electron chi connectivity index (χ3n) is 5.35. The van der Waals surface area contributed by atoms with Crippen LogP contribution in [0.1, 0.15) is 42.7 Å². The molecule has 3 aromatic rings. The van der Waals surface area contributed by atoms with E-state index in [1.54, 1.807) is 19.1 Å². The molecule has 0 bridgehead atoms. The second kappa shape index (κ2) is 11.3. The van der Waals surface area contributed by atoms with Crippen LogP contribution in [0.25, 0.3) is 11.3 Å². The predicted molar refractivity (Wildman–Crippen MR) is 126 cm³/mol. The zero-order chi connectivity index (χ0) is 25.6. The van der Waals surface area contributed by atoms with Gasteiger partial charge in [-0.15, -0.1) is 0 Å². The number of hydrogen-bond acceptors (Lipinski definition) is 5. The fourth-order valence-electron chi connectivity index (χ4n) is 3.25. The molecule has 186 valence electrons. The van der Waals surface area contributed by atoms with Crippen molar-refractivity contribution in [3.8, 4) is 22.8 Å². The van der Waals surface area contributed by atoms with Gasteiger partial charge in [-0.05, 0) is 50.6 Å². The molecule has 1 unspecified atom stereocenters. The van der Waals surface area contributed by atoms with Gasteiger partial charge in [0.2, 0.25) is 0 Å². The highest BCUT2D eigenvalue weighted by Gasteiger charge is 2.30. The first-order valence-electron chi connectivity index (χ1n) is 11.3. The van der Waals surface area contributed by atoms with Gasteiger partial charge in [0.05, 0.1) is 11.3 Å². The Morgan fingerprint density at radius 2 is 1.74 bits per heavy atom. The summed E-state index contributed by atoms with van der Waals surface area (Å²) < 4.78 is 55.4. The molecule has 0 saturated heterocycles. The number of pyridine rings is 1. The monoisotopic (exact) mass is 487 g/mol. The molecular weight excluding hydrogens is 459 g/mol. The van der Waals surface area contributed by atoms with Crippen LogP contribution in [0.15, 0.2) is 54.6 Å². The lowest BCUT2D eigenvalue weighted by Gasteiger charge is -2.17. The van der Waals surface area contributed by atoms with Gasteiger partial charge in [0.1, 0.15) is 30.8 Å². The van der Waals surface area contributed by atoms with Crippen molar-refractivity contribution in [2.45, 2.75) is 53.0 Å². The second-order valence-corrected chi connectivity index (χ2v) is 8.20. The van der Waals surface area contributed by atoms with E-state index in [4.69, 9.17) is 14.2 Å². The summed E-state index contributed by atoms with van der Waals surface area (Å²) in [4.78, 5) is 15.9. The minimum atomic E-state index is -4.37. The van der Waals surface area contributed by atoms with Crippen molar-refractivity contribution < 1.29 is 32.2 Å². The van der Waals surface area contributed by atoms with E-state index in [9.17, 15) is 18.0 Å². The average Bonchev–Trinajstić information content (AvgIpc) is 2.83. The Morgan fingerprint density at radius 1 is 1.03 bits per heavy atom. The number of carbonyl (C=O) groups excluding carboxylic acids is 1. The summed E-state index contributed by atoms with van der Waals surface area (Å²) in [5, 5.41) is 0. The number of aromatic nitrogens is 1. The molecule has 0 amide bonds. The summed E-state index contributed by atoms with van der Waals surface area (Å²) >= 11 is 0. The molecule has 0 spiro atoms. The van der Waals surface area contributed by atoms with Crippen LogP contribution in [0.2, 0.25) is 0 Å². The Labute approximate surface area is 202 Å². The van der Waals surface area contributed by atoms with Crippen molar-refractivity contribution in [3.63, 3.8) is 0 Å².